The van der Waals surface area contributed by atoms with Crippen molar-refractivity contribution in [2.24, 2.45) is 0 Å². The Morgan fingerprint density at radius 2 is 0.976 bits per heavy atom. The first-order valence-corrected chi connectivity index (χ1v) is 14.9. The second-order valence-corrected chi connectivity index (χ2v) is 12.7. The van der Waals surface area contributed by atoms with E-state index in [9.17, 15) is 0 Å². The highest BCUT2D eigenvalue weighted by Gasteiger charge is 2.53. The van der Waals surface area contributed by atoms with Crippen LogP contribution >= 0.6 is 0 Å². The molecule has 6 aromatic carbocycles. The molecule has 42 heavy (non-hydrogen) atoms. The zero-order chi connectivity index (χ0) is 28.7. The van der Waals surface area contributed by atoms with E-state index in [4.69, 9.17) is 9.31 Å². The monoisotopic (exact) mass is 544 g/mol. The number of benzene rings is 6. The van der Waals surface area contributed by atoms with Crippen molar-refractivity contribution in [1.82, 2.24) is 0 Å². The summed E-state index contributed by atoms with van der Waals surface area (Å²) in [5, 5.41) is 5.13. The zero-order valence-corrected chi connectivity index (χ0v) is 24.5. The number of hydrogen-bond donors (Lipinski definition) is 0. The minimum Gasteiger partial charge on any atom is -0.399 e. The molecule has 0 atom stereocenters. The van der Waals surface area contributed by atoms with Crippen molar-refractivity contribution in [2.45, 2.75) is 44.3 Å². The summed E-state index contributed by atoms with van der Waals surface area (Å²) in [5.41, 5.74) is 7.38. The van der Waals surface area contributed by atoms with Gasteiger partial charge in [0.1, 0.15) is 0 Å². The van der Waals surface area contributed by atoms with Crippen LogP contribution in [0.3, 0.4) is 0 Å². The van der Waals surface area contributed by atoms with Crippen LogP contribution in [0.2, 0.25) is 0 Å². The minimum absolute atomic E-state index is 0.415. The van der Waals surface area contributed by atoms with Gasteiger partial charge in [0.05, 0.1) is 16.6 Å². The first kappa shape index (κ1) is 25.5. The molecule has 8 rings (SSSR count). The maximum absolute atomic E-state index is 6.58. The molecular weight excluding hydrogens is 511 g/mol. The molecule has 0 amide bonds. The third kappa shape index (κ3) is 3.35. The highest BCUT2D eigenvalue weighted by Crippen LogP contribution is 2.60. The Morgan fingerprint density at radius 3 is 1.55 bits per heavy atom. The van der Waals surface area contributed by atoms with Gasteiger partial charge in [0, 0.05) is 0 Å². The van der Waals surface area contributed by atoms with Crippen molar-refractivity contribution in [1.29, 1.82) is 0 Å². The van der Waals surface area contributed by atoms with E-state index in [-0.39, 0.29) is 0 Å². The van der Waals surface area contributed by atoms with Crippen molar-refractivity contribution in [2.75, 3.05) is 0 Å². The minimum atomic E-state index is -0.531. The molecule has 0 aromatic heterocycles. The topological polar surface area (TPSA) is 18.5 Å². The molecule has 204 valence electrons. The van der Waals surface area contributed by atoms with E-state index in [1.54, 1.807) is 0 Å². The standard InChI is InChI=1S/C39H33BO2/c1-37(2)38(3,4)42-40(41-37)28-23-24-33-34(25-28)39(26-15-7-5-8-16-26,27-17-9-6-10-18-27)36-32-22-14-12-20-30(32)29-19-11-13-21-31(29)35(33)36/h5-25H,1-4H3. The molecule has 1 aliphatic carbocycles. The number of hydrogen-bond acceptors (Lipinski definition) is 2. The summed E-state index contributed by atoms with van der Waals surface area (Å²) < 4.78 is 13.2. The molecule has 0 saturated carbocycles. The van der Waals surface area contributed by atoms with Gasteiger partial charge in [-0.15, -0.1) is 0 Å². The third-order valence-corrected chi connectivity index (χ3v) is 9.96. The van der Waals surface area contributed by atoms with Crippen LogP contribution < -0.4 is 5.46 Å². The van der Waals surface area contributed by atoms with Gasteiger partial charge in [0.2, 0.25) is 0 Å². The third-order valence-electron chi connectivity index (χ3n) is 9.96. The second-order valence-electron chi connectivity index (χ2n) is 12.7. The van der Waals surface area contributed by atoms with Gasteiger partial charge < -0.3 is 9.31 Å². The normalized spacial score (nSPS) is 17.9. The fourth-order valence-corrected chi connectivity index (χ4v) is 7.30. The van der Waals surface area contributed by atoms with E-state index in [1.165, 1.54) is 54.9 Å². The Balaban J connectivity index is 1.54. The molecule has 0 N–H and O–H groups in total. The predicted molar refractivity (Wildman–Crippen MR) is 174 cm³/mol. The van der Waals surface area contributed by atoms with Crippen LogP contribution in [0, 0.1) is 0 Å². The lowest BCUT2D eigenvalue weighted by molar-refractivity contribution is 0.00578. The van der Waals surface area contributed by atoms with E-state index < -0.39 is 23.7 Å². The molecule has 1 heterocycles. The van der Waals surface area contributed by atoms with Gasteiger partial charge in [0.25, 0.3) is 0 Å². The Hall–Kier alpha value is -4.18. The molecule has 0 bridgehead atoms. The summed E-state index contributed by atoms with van der Waals surface area (Å²) in [5.74, 6) is 0. The molecule has 0 spiro atoms. The fraction of sp³-hybridized carbons (Fsp3) is 0.179. The summed E-state index contributed by atoms with van der Waals surface area (Å²) in [6, 6.07) is 46.7. The van der Waals surface area contributed by atoms with Crippen LogP contribution in [0.25, 0.3) is 32.7 Å². The van der Waals surface area contributed by atoms with Crippen molar-refractivity contribution in [3.63, 3.8) is 0 Å². The highest BCUT2D eigenvalue weighted by atomic mass is 16.7. The summed E-state index contributed by atoms with van der Waals surface area (Å²) in [6.07, 6.45) is 0. The van der Waals surface area contributed by atoms with Crippen molar-refractivity contribution in [3.05, 3.63) is 150 Å². The lowest BCUT2D eigenvalue weighted by Crippen LogP contribution is -2.41. The molecular formula is C39H33BO2. The van der Waals surface area contributed by atoms with Crippen LogP contribution in [0.4, 0.5) is 0 Å². The van der Waals surface area contributed by atoms with E-state index in [2.05, 4.69) is 155 Å². The lowest BCUT2D eigenvalue weighted by Gasteiger charge is -2.35. The SMILES string of the molecule is CC1(C)OB(c2ccc3c(c2)C(c2ccccc2)(c2ccccc2)c2c-3c3ccccc3c3ccccc23)OC1(C)C. The van der Waals surface area contributed by atoms with Crippen LogP contribution in [0.1, 0.15) is 49.9 Å². The van der Waals surface area contributed by atoms with E-state index in [1.807, 2.05) is 0 Å². The van der Waals surface area contributed by atoms with Crippen LogP contribution in [-0.2, 0) is 14.7 Å². The van der Waals surface area contributed by atoms with Gasteiger partial charge in [0.15, 0.2) is 0 Å². The first-order valence-electron chi connectivity index (χ1n) is 14.9. The summed E-state index contributed by atoms with van der Waals surface area (Å²) in [4.78, 5) is 0. The Bertz CT molecular complexity index is 1940. The molecule has 1 aliphatic heterocycles. The molecule has 0 radical (unpaired) electrons. The Labute approximate surface area is 248 Å². The van der Waals surface area contributed by atoms with Gasteiger partial charge in [-0.05, 0) is 88.1 Å². The van der Waals surface area contributed by atoms with Gasteiger partial charge in [-0.2, -0.15) is 0 Å². The van der Waals surface area contributed by atoms with E-state index >= 15 is 0 Å². The molecule has 6 aromatic rings. The van der Waals surface area contributed by atoms with Crippen LogP contribution in [0.5, 0.6) is 0 Å². The highest BCUT2D eigenvalue weighted by molar-refractivity contribution is 6.62. The lowest BCUT2D eigenvalue weighted by atomic mass is 9.65. The quantitative estimate of drug-likeness (QED) is 0.164. The van der Waals surface area contributed by atoms with Crippen molar-refractivity contribution < 1.29 is 9.31 Å². The molecule has 2 aliphatic rings. The molecule has 1 saturated heterocycles. The van der Waals surface area contributed by atoms with Gasteiger partial charge in [-0.25, -0.2) is 0 Å². The first-order chi connectivity index (χ1) is 20.3. The summed E-state index contributed by atoms with van der Waals surface area (Å²) in [7, 11) is -0.443. The zero-order valence-electron chi connectivity index (χ0n) is 24.5. The maximum Gasteiger partial charge on any atom is 0.494 e. The van der Waals surface area contributed by atoms with Gasteiger partial charge in [-0.3, -0.25) is 0 Å². The molecule has 3 heteroatoms. The van der Waals surface area contributed by atoms with Crippen LogP contribution in [-0.4, -0.2) is 18.3 Å². The average Bonchev–Trinajstić information content (AvgIpc) is 3.45. The predicted octanol–water partition coefficient (Wildman–Crippen LogP) is 8.66. The summed E-state index contributed by atoms with van der Waals surface area (Å²) in [6.45, 7) is 8.47. The molecule has 0 unspecified atom stereocenters. The van der Waals surface area contributed by atoms with Crippen LogP contribution in [0.15, 0.2) is 127 Å². The van der Waals surface area contributed by atoms with E-state index in [0.29, 0.717) is 0 Å². The smallest absolute Gasteiger partial charge is 0.399 e. The number of fused-ring (bicyclic) bond motifs is 8. The van der Waals surface area contributed by atoms with Crippen molar-refractivity contribution in [3.8, 4) is 11.1 Å². The van der Waals surface area contributed by atoms with Gasteiger partial charge >= 0.3 is 7.12 Å². The summed E-state index contributed by atoms with van der Waals surface area (Å²) >= 11 is 0. The number of rotatable bonds is 3. The van der Waals surface area contributed by atoms with Crippen molar-refractivity contribution >= 4 is 34.1 Å². The maximum atomic E-state index is 6.58. The van der Waals surface area contributed by atoms with E-state index in [0.717, 1.165) is 5.46 Å². The Morgan fingerprint density at radius 1 is 0.500 bits per heavy atom. The average molecular weight is 545 g/mol. The largest absolute Gasteiger partial charge is 0.494 e. The van der Waals surface area contributed by atoms with Gasteiger partial charge in [-0.1, -0.05) is 127 Å². The fourth-order valence-electron chi connectivity index (χ4n) is 7.30. The molecule has 1 fully saturated rings. The molecule has 2 nitrogen and oxygen atoms in total. The Kier molecular flexibility index (Phi) is 5.42. The second kappa shape index (κ2) is 8.91.